The molecule has 0 bridgehead atoms. The molecule has 2 heterocycles. The summed E-state index contributed by atoms with van der Waals surface area (Å²) in [6.45, 7) is 7.42. The number of hydrogen-bond donors (Lipinski definition) is 3. The molecule has 0 saturated carbocycles. The Kier molecular flexibility index (Phi) is 5.14. The standard InChI is InChI=1S/C20H25N5O2/c1-6-13-11-22-19(25-17(13)20(3,4)26)24-14-7-8-15(16(9-14)27-5)18-21-10-12(2)23-18/h7-11,26H,6H2,1-5H3,(H,21,23)(H,22,24,25). The quantitative estimate of drug-likeness (QED) is 0.614. The highest BCUT2D eigenvalue weighted by atomic mass is 16.5. The maximum Gasteiger partial charge on any atom is 0.227 e. The van der Waals surface area contributed by atoms with Crippen LogP contribution in [0.4, 0.5) is 11.6 Å². The van der Waals surface area contributed by atoms with E-state index in [1.165, 1.54) is 0 Å². The van der Waals surface area contributed by atoms with Gasteiger partial charge in [0.05, 0.1) is 18.4 Å². The van der Waals surface area contributed by atoms with Crippen molar-refractivity contribution in [1.82, 2.24) is 19.9 Å². The molecule has 0 saturated heterocycles. The normalized spacial score (nSPS) is 11.5. The molecule has 7 nitrogen and oxygen atoms in total. The van der Waals surface area contributed by atoms with Gasteiger partial charge in [-0.2, -0.15) is 0 Å². The zero-order valence-electron chi connectivity index (χ0n) is 16.3. The summed E-state index contributed by atoms with van der Waals surface area (Å²) in [5.74, 6) is 1.86. The number of imidazole rings is 1. The summed E-state index contributed by atoms with van der Waals surface area (Å²) in [6.07, 6.45) is 4.28. The molecule has 3 aromatic rings. The molecule has 1 aromatic carbocycles. The molecule has 0 aliphatic carbocycles. The SMILES string of the molecule is CCc1cnc(Nc2ccc(-c3ncc(C)[nH]3)c(OC)c2)nc1C(C)(C)O. The minimum atomic E-state index is -1.04. The van der Waals surface area contributed by atoms with Gasteiger partial charge in [-0.05, 0) is 44.9 Å². The van der Waals surface area contributed by atoms with Crippen molar-refractivity contribution in [2.75, 3.05) is 12.4 Å². The molecule has 0 unspecified atom stereocenters. The number of aliphatic hydroxyl groups is 1. The second-order valence-corrected chi connectivity index (χ2v) is 6.93. The number of hydrogen-bond acceptors (Lipinski definition) is 6. The van der Waals surface area contributed by atoms with Crippen LogP contribution in [0.25, 0.3) is 11.4 Å². The molecule has 3 N–H and O–H groups in total. The monoisotopic (exact) mass is 367 g/mol. The Morgan fingerprint density at radius 1 is 1.22 bits per heavy atom. The Morgan fingerprint density at radius 3 is 2.59 bits per heavy atom. The molecule has 142 valence electrons. The van der Waals surface area contributed by atoms with Crippen molar-refractivity contribution in [3.63, 3.8) is 0 Å². The fourth-order valence-electron chi connectivity index (χ4n) is 2.90. The summed E-state index contributed by atoms with van der Waals surface area (Å²) in [7, 11) is 1.62. The first-order valence-corrected chi connectivity index (χ1v) is 8.87. The number of aryl methyl sites for hydroxylation is 2. The largest absolute Gasteiger partial charge is 0.496 e. The van der Waals surface area contributed by atoms with Crippen LogP contribution in [0.5, 0.6) is 5.75 Å². The van der Waals surface area contributed by atoms with Crippen LogP contribution in [0, 0.1) is 6.92 Å². The van der Waals surface area contributed by atoms with Crippen LogP contribution >= 0.6 is 0 Å². The van der Waals surface area contributed by atoms with Crippen molar-refractivity contribution in [2.24, 2.45) is 0 Å². The summed E-state index contributed by atoms with van der Waals surface area (Å²) >= 11 is 0. The molecule has 2 aromatic heterocycles. The van der Waals surface area contributed by atoms with Crippen LogP contribution in [-0.4, -0.2) is 32.2 Å². The zero-order valence-corrected chi connectivity index (χ0v) is 16.3. The van der Waals surface area contributed by atoms with Crippen molar-refractivity contribution >= 4 is 11.6 Å². The Hall–Kier alpha value is -2.93. The van der Waals surface area contributed by atoms with Crippen molar-refractivity contribution in [3.8, 4) is 17.1 Å². The van der Waals surface area contributed by atoms with Crippen molar-refractivity contribution in [3.05, 3.63) is 47.5 Å². The van der Waals surface area contributed by atoms with Crippen molar-refractivity contribution in [1.29, 1.82) is 0 Å². The van der Waals surface area contributed by atoms with Crippen LogP contribution in [-0.2, 0) is 12.0 Å². The molecule has 7 heteroatoms. The van der Waals surface area contributed by atoms with Gasteiger partial charge in [0, 0.05) is 29.8 Å². The van der Waals surface area contributed by atoms with Gasteiger partial charge >= 0.3 is 0 Å². The maximum absolute atomic E-state index is 10.4. The molecule has 0 atom stereocenters. The first-order chi connectivity index (χ1) is 12.8. The third-order valence-electron chi connectivity index (χ3n) is 4.24. The van der Waals surface area contributed by atoms with E-state index in [1.807, 2.05) is 32.0 Å². The number of H-pyrrole nitrogens is 1. The van der Waals surface area contributed by atoms with Gasteiger partial charge in [0.15, 0.2) is 0 Å². The lowest BCUT2D eigenvalue weighted by Crippen LogP contribution is -2.21. The number of rotatable bonds is 6. The average molecular weight is 367 g/mol. The van der Waals surface area contributed by atoms with E-state index in [4.69, 9.17) is 4.74 Å². The van der Waals surface area contributed by atoms with Crippen LogP contribution in [0.3, 0.4) is 0 Å². The maximum atomic E-state index is 10.4. The second-order valence-electron chi connectivity index (χ2n) is 6.93. The number of aromatic nitrogens is 4. The lowest BCUT2D eigenvalue weighted by Gasteiger charge is -2.20. The minimum absolute atomic E-state index is 0.424. The Labute approximate surface area is 158 Å². The van der Waals surface area contributed by atoms with E-state index in [0.29, 0.717) is 17.4 Å². The molecular weight excluding hydrogens is 342 g/mol. The Bertz CT molecular complexity index is 944. The average Bonchev–Trinajstić information content (AvgIpc) is 3.07. The fraction of sp³-hybridized carbons (Fsp3) is 0.350. The molecule has 0 aliphatic rings. The molecule has 0 fully saturated rings. The third kappa shape index (κ3) is 4.09. The fourth-order valence-corrected chi connectivity index (χ4v) is 2.90. The number of benzene rings is 1. The van der Waals surface area contributed by atoms with Crippen LogP contribution in [0.15, 0.2) is 30.6 Å². The van der Waals surface area contributed by atoms with E-state index in [1.54, 1.807) is 33.4 Å². The van der Waals surface area contributed by atoms with E-state index in [2.05, 4.69) is 25.3 Å². The van der Waals surface area contributed by atoms with Gasteiger partial charge in [0.25, 0.3) is 0 Å². The number of ether oxygens (including phenoxy) is 1. The van der Waals surface area contributed by atoms with Gasteiger partial charge in [0.1, 0.15) is 17.2 Å². The number of aromatic amines is 1. The van der Waals surface area contributed by atoms with E-state index >= 15 is 0 Å². The number of anilines is 2. The number of nitrogens with zero attached hydrogens (tertiary/aromatic N) is 3. The highest BCUT2D eigenvalue weighted by Gasteiger charge is 2.22. The van der Waals surface area contributed by atoms with Gasteiger partial charge in [0.2, 0.25) is 5.95 Å². The summed E-state index contributed by atoms with van der Waals surface area (Å²) in [5, 5.41) is 13.6. The predicted molar refractivity (Wildman–Crippen MR) is 105 cm³/mol. The molecule has 0 radical (unpaired) electrons. The Balaban J connectivity index is 1.92. The molecule has 0 aliphatic heterocycles. The predicted octanol–water partition coefficient (Wildman–Crippen LogP) is 3.72. The van der Waals surface area contributed by atoms with E-state index in [9.17, 15) is 5.11 Å². The summed E-state index contributed by atoms with van der Waals surface area (Å²) in [4.78, 5) is 16.5. The third-order valence-corrected chi connectivity index (χ3v) is 4.24. The van der Waals surface area contributed by atoms with Gasteiger partial charge in [-0.25, -0.2) is 15.0 Å². The van der Waals surface area contributed by atoms with Crippen LogP contribution in [0.1, 0.15) is 37.7 Å². The highest BCUT2D eigenvalue weighted by molar-refractivity contribution is 5.70. The van der Waals surface area contributed by atoms with Crippen molar-refractivity contribution in [2.45, 2.75) is 39.7 Å². The van der Waals surface area contributed by atoms with Gasteiger partial charge in [-0.15, -0.1) is 0 Å². The minimum Gasteiger partial charge on any atom is -0.496 e. The smallest absolute Gasteiger partial charge is 0.227 e. The van der Waals surface area contributed by atoms with Crippen LogP contribution in [0.2, 0.25) is 0 Å². The molecule has 3 rings (SSSR count). The molecule has 27 heavy (non-hydrogen) atoms. The molecular formula is C20H25N5O2. The second kappa shape index (κ2) is 7.36. The molecule has 0 amide bonds. The lowest BCUT2D eigenvalue weighted by atomic mass is 9.99. The highest BCUT2D eigenvalue weighted by Crippen LogP contribution is 2.32. The number of nitrogens with one attached hydrogen (secondary N) is 2. The summed E-state index contributed by atoms with van der Waals surface area (Å²) in [5.41, 5.74) is 3.15. The topological polar surface area (TPSA) is 96.0 Å². The number of methoxy groups -OCH3 is 1. The van der Waals surface area contributed by atoms with E-state index in [-0.39, 0.29) is 0 Å². The summed E-state index contributed by atoms with van der Waals surface area (Å²) < 4.78 is 5.52. The Morgan fingerprint density at radius 2 is 2.00 bits per heavy atom. The van der Waals surface area contributed by atoms with Crippen LogP contribution < -0.4 is 10.1 Å². The van der Waals surface area contributed by atoms with E-state index in [0.717, 1.165) is 34.8 Å². The first kappa shape index (κ1) is 18.8. The summed E-state index contributed by atoms with van der Waals surface area (Å²) in [6, 6.07) is 5.71. The lowest BCUT2D eigenvalue weighted by molar-refractivity contribution is 0.0728. The van der Waals surface area contributed by atoms with E-state index < -0.39 is 5.60 Å². The van der Waals surface area contributed by atoms with Crippen molar-refractivity contribution < 1.29 is 9.84 Å². The molecule has 0 spiro atoms. The van der Waals surface area contributed by atoms with Gasteiger partial charge < -0.3 is 20.1 Å². The van der Waals surface area contributed by atoms with Gasteiger partial charge in [-0.3, -0.25) is 0 Å². The van der Waals surface area contributed by atoms with Gasteiger partial charge in [-0.1, -0.05) is 6.92 Å². The first-order valence-electron chi connectivity index (χ1n) is 8.87. The zero-order chi connectivity index (χ0) is 19.6.